The number of hydrogen-bond donors (Lipinski definition) is 1. The summed E-state index contributed by atoms with van der Waals surface area (Å²) in [5, 5.41) is 9.89. The van der Waals surface area contributed by atoms with Crippen LogP contribution < -0.4 is 4.74 Å². The summed E-state index contributed by atoms with van der Waals surface area (Å²) in [4.78, 5) is 17.9. The summed E-state index contributed by atoms with van der Waals surface area (Å²) >= 11 is 0. The minimum absolute atomic E-state index is 0.739. The first-order valence-corrected chi connectivity index (χ1v) is 7.17. The number of ether oxygens (including phenoxy) is 1. The maximum atomic E-state index is 10.9. The molecule has 22 heavy (non-hydrogen) atoms. The number of fused-ring (bicyclic) bond motifs is 2. The topological polar surface area (TPSA) is 62.7 Å². The Kier molecular flexibility index (Phi) is 3.81. The van der Waals surface area contributed by atoms with Crippen LogP contribution in [0, 0.1) is 0 Å². The number of carboxylic acids is 1. The Bertz CT molecular complexity index is 768. The highest BCUT2D eigenvalue weighted by atomic mass is 16.5. The number of likely N-dealkylation sites (N-methyl/N-ethyl adjacent to an activating group) is 1. The Morgan fingerprint density at radius 3 is 3.00 bits per heavy atom. The lowest BCUT2D eigenvalue weighted by Gasteiger charge is -2.26. The summed E-state index contributed by atoms with van der Waals surface area (Å²) in [7, 11) is 3.68. The number of rotatable bonds is 3. The smallest absolute Gasteiger partial charge is 0.328 e. The molecule has 1 aliphatic heterocycles. The Morgan fingerprint density at radius 2 is 2.27 bits per heavy atom. The fourth-order valence-corrected chi connectivity index (χ4v) is 2.86. The fraction of sp³-hybridized carbons (Fsp3) is 0.294. The van der Waals surface area contributed by atoms with Crippen molar-refractivity contribution in [2.75, 3.05) is 20.7 Å². The monoisotopic (exact) mass is 298 g/mol. The highest BCUT2D eigenvalue weighted by molar-refractivity contribution is 5.94. The minimum Gasteiger partial charge on any atom is -0.497 e. The standard InChI is InChI=1S/C17H18N2O3/c1-19-8-7-16-14(10-19)12(4-6-17(20)21)13-9-11(22-2)3-5-15(13)18-16/h3-6,9H,7-8,10H2,1-2H3,(H,20,21)/b6-4+. The maximum absolute atomic E-state index is 10.9. The van der Waals surface area contributed by atoms with Crippen molar-refractivity contribution in [1.82, 2.24) is 9.88 Å². The number of aromatic nitrogens is 1. The molecule has 0 fully saturated rings. The molecule has 1 aliphatic rings. The van der Waals surface area contributed by atoms with Gasteiger partial charge in [-0.25, -0.2) is 4.79 Å². The molecule has 0 amide bonds. The van der Waals surface area contributed by atoms with E-state index in [2.05, 4.69) is 11.9 Å². The van der Waals surface area contributed by atoms with Crippen molar-refractivity contribution < 1.29 is 14.6 Å². The van der Waals surface area contributed by atoms with Gasteiger partial charge in [0.05, 0.1) is 12.6 Å². The van der Waals surface area contributed by atoms with Gasteiger partial charge in [0.1, 0.15) is 5.75 Å². The van der Waals surface area contributed by atoms with Crippen LogP contribution in [0.2, 0.25) is 0 Å². The second-order valence-corrected chi connectivity index (χ2v) is 5.49. The number of pyridine rings is 1. The molecular formula is C17H18N2O3. The molecule has 5 heteroatoms. The highest BCUT2D eigenvalue weighted by Crippen LogP contribution is 2.31. The zero-order chi connectivity index (χ0) is 15.7. The van der Waals surface area contributed by atoms with E-state index in [0.717, 1.165) is 53.0 Å². The first-order chi connectivity index (χ1) is 10.6. The van der Waals surface area contributed by atoms with Crippen molar-refractivity contribution in [1.29, 1.82) is 0 Å². The molecule has 0 spiro atoms. The summed E-state index contributed by atoms with van der Waals surface area (Å²) in [6.45, 7) is 1.73. The number of methoxy groups -OCH3 is 1. The van der Waals surface area contributed by atoms with E-state index in [9.17, 15) is 4.79 Å². The predicted octanol–water partition coefficient (Wildman–Crippen LogP) is 2.33. The first-order valence-electron chi connectivity index (χ1n) is 7.17. The van der Waals surface area contributed by atoms with Gasteiger partial charge in [0.2, 0.25) is 0 Å². The average Bonchev–Trinajstić information content (AvgIpc) is 2.51. The quantitative estimate of drug-likeness (QED) is 0.881. The van der Waals surface area contributed by atoms with Gasteiger partial charge in [0.15, 0.2) is 0 Å². The van der Waals surface area contributed by atoms with Gasteiger partial charge in [0.25, 0.3) is 0 Å². The average molecular weight is 298 g/mol. The van der Waals surface area contributed by atoms with Gasteiger partial charge < -0.3 is 14.7 Å². The van der Waals surface area contributed by atoms with Gasteiger partial charge in [-0.2, -0.15) is 0 Å². The molecule has 0 bridgehead atoms. The normalized spacial score (nSPS) is 15.2. The van der Waals surface area contributed by atoms with Crippen molar-refractivity contribution in [3.63, 3.8) is 0 Å². The third-order valence-electron chi connectivity index (χ3n) is 3.97. The number of nitrogens with zero attached hydrogens (tertiary/aromatic N) is 2. The van der Waals surface area contributed by atoms with Crippen LogP contribution in [0.1, 0.15) is 16.8 Å². The molecule has 2 heterocycles. The molecule has 1 aromatic carbocycles. The van der Waals surface area contributed by atoms with Crippen LogP contribution in [0.25, 0.3) is 17.0 Å². The SMILES string of the molecule is COc1ccc2nc3c(c(/C=C/C(=O)O)c2c1)CN(C)CC3. The summed E-state index contributed by atoms with van der Waals surface area (Å²) in [6.07, 6.45) is 3.73. The zero-order valence-corrected chi connectivity index (χ0v) is 12.7. The lowest BCUT2D eigenvalue weighted by molar-refractivity contribution is -0.131. The van der Waals surface area contributed by atoms with Gasteiger partial charge in [0, 0.05) is 36.7 Å². The van der Waals surface area contributed by atoms with Gasteiger partial charge in [-0.1, -0.05) is 0 Å². The van der Waals surface area contributed by atoms with E-state index in [1.165, 1.54) is 6.08 Å². The first kappa shape index (κ1) is 14.5. The Labute approximate surface area is 128 Å². The Morgan fingerprint density at radius 1 is 1.45 bits per heavy atom. The molecule has 0 atom stereocenters. The van der Waals surface area contributed by atoms with Crippen molar-refractivity contribution in [3.8, 4) is 5.75 Å². The molecule has 0 saturated carbocycles. The summed E-state index contributed by atoms with van der Waals surface area (Å²) in [5.41, 5.74) is 3.95. The van der Waals surface area contributed by atoms with Gasteiger partial charge in [-0.3, -0.25) is 4.98 Å². The van der Waals surface area contributed by atoms with Gasteiger partial charge >= 0.3 is 5.97 Å². The fourth-order valence-electron chi connectivity index (χ4n) is 2.86. The molecule has 0 saturated heterocycles. The molecular weight excluding hydrogens is 280 g/mol. The summed E-state index contributed by atoms with van der Waals surface area (Å²) in [6, 6.07) is 5.71. The van der Waals surface area contributed by atoms with Crippen LogP contribution in [0.3, 0.4) is 0 Å². The number of carboxylic acid groups (broad SMARTS) is 1. The predicted molar refractivity (Wildman–Crippen MR) is 85.0 cm³/mol. The van der Waals surface area contributed by atoms with Crippen LogP contribution in [0.15, 0.2) is 24.3 Å². The molecule has 0 radical (unpaired) electrons. The third kappa shape index (κ3) is 2.67. The molecule has 114 valence electrons. The van der Waals surface area contributed by atoms with Crippen LogP contribution in [0.5, 0.6) is 5.75 Å². The number of hydrogen-bond acceptors (Lipinski definition) is 4. The summed E-state index contributed by atoms with van der Waals surface area (Å²) in [5.74, 6) is -0.214. The van der Waals surface area contributed by atoms with E-state index in [1.54, 1.807) is 13.2 Å². The molecule has 1 N–H and O–H groups in total. The number of benzene rings is 1. The number of carbonyl (C=O) groups is 1. The minimum atomic E-state index is -0.953. The van der Waals surface area contributed by atoms with Crippen molar-refractivity contribution in [2.45, 2.75) is 13.0 Å². The van der Waals surface area contributed by atoms with E-state index in [4.69, 9.17) is 14.8 Å². The second-order valence-electron chi connectivity index (χ2n) is 5.49. The third-order valence-corrected chi connectivity index (χ3v) is 3.97. The van der Waals surface area contributed by atoms with Crippen LogP contribution >= 0.6 is 0 Å². The van der Waals surface area contributed by atoms with Crippen LogP contribution in [-0.2, 0) is 17.8 Å². The van der Waals surface area contributed by atoms with Gasteiger partial charge in [-0.15, -0.1) is 0 Å². The van der Waals surface area contributed by atoms with E-state index in [1.807, 2.05) is 18.2 Å². The lowest BCUT2D eigenvalue weighted by Crippen LogP contribution is -2.28. The van der Waals surface area contributed by atoms with Gasteiger partial charge in [-0.05, 0) is 42.4 Å². The van der Waals surface area contributed by atoms with Crippen LogP contribution in [0.4, 0.5) is 0 Å². The van der Waals surface area contributed by atoms with E-state index >= 15 is 0 Å². The molecule has 0 aliphatic carbocycles. The number of aliphatic carboxylic acids is 1. The van der Waals surface area contributed by atoms with Crippen molar-refractivity contribution in [3.05, 3.63) is 41.1 Å². The largest absolute Gasteiger partial charge is 0.497 e. The molecule has 0 unspecified atom stereocenters. The summed E-state index contributed by atoms with van der Waals surface area (Å²) < 4.78 is 5.29. The van der Waals surface area contributed by atoms with E-state index in [-0.39, 0.29) is 0 Å². The second kappa shape index (κ2) is 5.77. The lowest BCUT2D eigenvalue weighted by atomic mass is 9.95. The Balaban J connectivity index is 2.27. The maximum Gasteiger partial charge on any atom is 0.328 e. The van der Waals surface area contributed by atoms with Crippen molar-refractivity contribution >= 4 is 22.9 Å². The molecule has 3 rings (SSSR count). The van der Waals surface area contributed by atoms with E-state index < -0.39 is 5.97 Å². The van der Waals surface area contributed by atoms with E-state index in [0.29, 0.717) is 0 Å². The zero-order valence-electron chi connectivity index (χ0n) is 12.7. The van der Waals surface area contributed by atoms with Crippen LogP contribution in [-0.4, -0.2) is 41.7 Å². The highest BCUT2D eigenvalue weighted by Gasteiger charge is 2.19. The molecule has 5 nitrogen and oxygen atoms in total. The van der Waals surface area contributed by atoms with Crippen molar-refractivity contribution in [2.24, 2.45) is 0 Å². The molecule has 1 aromatic heterocycles. The molecule has 2 aromatic rings. The Hall–Kier alpha value is -2.40.